The Hall–Kier alpha value is -1.83. The average Bonchev–Trinajstić information content (AvgIpc) is 3.24. The molecule has 1 aliphatic rings. The lowest BCUT2D eigenvalue weighted by Crippen LogP contribution is -2.40. The molecule has 1 unspecified atom stereocenters. The molecule has 0 saturated heterocycles. The van der Waals surface area contributed by atoms with Gasteiger partial charge in [0.2, 0.25) is 5.91 Å². The van der Waals surface area contributed by atoms with Gasteiger partial charge in [-0.15, -0.1) is 10.2 Å². The summed E-state index contributed by atoms with van der Waals surface area (Å²) in [6.45, 7) is 7.87. The highest BCUT2D eigenvalue weighted by atomic mass is 32.2. The molecule has 3 aromatic rings. The van der Waals surface area contributed by atoms with E-state index in [1.54, 1.807) is 23.1 Å². The van der Waals surface area contributed by atoms with E-state index in [9.17, 15) is 4.79 Å². The fourth-order valence-corrected chi connectivity index (χ4v) is 6.79. The molecule has 0 bridgehead atoms. The smallest absolute Gasteiger partial charge is 0.236 e. The number of amides is 1. The summed E-state index contributed by atoms with van der Waals surface area (Å²) >= 11 is 4.79. The number of hydrogen-bond acceptors (Lipinski definition) is 6. The molecule has 0 saturated carbocycles. The van der Waals surface area contributed by atoms with Gasteiger partial charge in [0, 0.05) is 18.8 Å². The average molecular weight is 470 g/mol. The molecule has 31 heavy (non-hydrogen) atoms. The maximum Gasteiger partial charge on any atom is 0.236 e. The van der Waals surface area contributed by atoms with Gasteiger partial charge in [0.05, 0.1) is 5.25 Å². The molecule has 0 radical (unpaired) electrons. The van der Waals surface area contributed by atoms with Crippen molar-refractivity contribution in [2.45, 2.75) is 59.3 Å². The summed E-state index contributed by atoms with van der Waals surface area (Å²) in [6.07, 6.45) is 0.928. The minimum Gasteiger partial charge on any atom is -0.337 e. The van der Waals surface area contributed by atoms with Crippen LogP contribution >= 0.6 is 34.9 Å². The van der Waals surface area contributed by atoms with Crippen LogP contribution in [-0.2, 0) is 23.5 Å². The second kappa shape index (κ2) is 10.2. The molecule has 2 heterocycles. The maximum absolute atomic E-state index is 13.0. The first kappa shape index (κ1) is 22.4. The van der Waals surface area contributed by atoms with Crippen LogP contribution in [0.5, 0.6) is 0 Å². The van der Waals surface area contributed by atoms with Gasteiger partial charge >= 0.3 is 0 Å². The summed E-state index contributed by atoms with van der Waals surface area (Å²) in [5.41, 5.74) is 5.26. The third-order valence-electron chi connectivity index (χ3n) is 5.46. The van der Waals surface area contributed by atoms with Crippen molar-refractivity contribution in [2.75, 3.05) is 6.54 Å². The van der Waals surface area contributed by atoms with Gasteiger partial charge in [-0.1, -0.05) is 97.2 Å². The van der Waals surface area contributed by atoms with Crippen molar-refractivity contribution in [3.05, 3.63) is 70.8 Å². The van der Waals surface area contributed by atoms with E-state index in [1.165, 1.54) is 34.0 Å². The monoisotopic (exact) mass is 469 g/mol. The minimum atomic E-state index is -0.167. The zero-order valence-corrected chi connectivity index (χ0v) is 20.5. The van der Waals surface area contributed by atoms with Crippen LogP contribution in [0.15, 0.2) is 57.2 Å². The van der Waals surface area contributed by atoms with Gasteiger partial charge in [0.1, 0.15) is 0 Å². The molecular formula is C24H27N3OS3. The maximum atomic E-state index is 13.0. The van der Waals surface area contributed by atoms with Gasteiger partial charge in [0.15, 0.2) is 8.68 Å². The molecule has 0 spiro atoms. The van der Waals surface area contributed by atoms with E-state index in [-0.39, 0.29) is 11.2 Å². The largest absolute Gasteiger partial charge is 0.337 e. The molecule has 7 heteroatoms. The summed E-state index contributed by atoms with van der Waals surface area (Å²) < 4.78 is 1.80. The van der Waals surface area contributed by atoms with Gasteiger partial charge in [-0.25, -0.2) is 0 Å². The molecule has 4 nitrogen and oxygen atoms in total. The predicted octanol–water partition coefficient (Wildman–Crippen LogP) is 6.02. The molecular weight excluding hydrogens is 442 g/mol. The Morgan fingerprint density at radius 2 is 1.74 bits per heavy atom. The second-order valence-electron chi connectivity index (χ2n) is 8.06. The topological polar surface area (TPSA) is 46.1 Å². The normalized spacial score (nSPS) is 14.5. The SMILES string of the molecule is CC(Sc1nnc(SCc2ccc(C(C)C)cc2)s1)C(=O)N1CCc2ccccc2C1. The molecule has 1 atom stereocenters. The van der Waals surface area contributed by atoms with Crippen LogP contribution in [0.4, 0.5) is 0 Å². The van der Waals surface area contributed by atoms with E-state index in [2.05, 4.69) is 66.5 Å². The number of nitrogens with zero attached hydrogens (tertiary/aromatic N) is 3. The molecule has 0 aliphatic carbocycles. The van der Waals surface area contributed by atoms with Crippen molar-refractivity contribution in [1.29, 1.82) is 0 Å². The number of benzene rings is 2. The Bertz CT molecular complexity index is 1030. The second-order valence-corrected chi connectivity index (χ2v) is 11.8. The summed E-state index contributed by atoms with van der Waals surface area (Å²) in [7, 11) is 0. The lowest BCUT2D eigenvalue weighted by atomic mass is 10.00. The number of rotatable bonds is 7. The van der Waals surface area contributed by atoms with E-state index in [0.717, 1.165) is 27.4 Å². The standard InChI is InChI=1S/C24H27N3OS3/c1-16(2)19-10-8-18(9-11-19)15-29-23-25-26-24(31-23)30-17(3)22(28)27-13-12-20-6-4-5-7-21(20)14-27/h4-11,16-17H,12-15H2,1-3H3. The lowest BCUT2D eigenvalue weighted by molar-refractivity contribution is -0.131. The van der Waals surface area contributed by atoms with Crippen molar-refractivity contribution < 1.29 is 4.79 Å². The van der Waals surface area contributed by atoms with Crippen LogP contribution in [0, 0.1) is 0 Å². The zero-order valence-electron chi connectivity index (χ0n) is 18.1. The van der Waals surface area contributed by atoms with Crippen LogP contribution in [0.3, 0.4) is 0 Å². The van der Waals surface area contributed by atoms with Crippen molar-refractivity contribution in [2.24, 2.45) is 0 Å². The third-order valence-corrected chi connectivity index (χ3v) is 8.76. The Balaban J connectivity index is 1.29. The van der Waals surface area contributed by atoms with E-state index in [4.69, 9.17) is 0 Å². The van der Waals surface area contributed by atoms with Crippen molar-refractivity contribution in [3.8, 4) is 0 Å². The number of carbonyl (C=O) groups excluding carboxylic acids is 1. The Labute approximate surface area is 196 Å². The Morgan fingerprint density at radius 1 is 1.03 bits per heavy atom. The molecule has 1 aromatic heterocycles. The first-order valence-corrected chi connectivity index (χ1v) is 13.2. The van der Waals surface area contributed by atoms with Gasteiger partial charge in [-0.2, -0.15) is 0 Å². The number of hydrogen-bond donors (Lipinski definition) is 0. The van der Waals surface area contributed by atoms with Gasteiger partial charge in [-0.3, -0.25) is 4.79 Å². The fourth-order valence-electron chi connectivity index (χ4n) is 3.59. The molecule has 4 rings (SSSR count). The van der Waals surface area contributed by atoms with Crippen molar-refractivity contribution in [3.63, 3.8) is 0 Å². The highest BCUT2D eigenvalue weighted by Crippen LogP contribution is 2.34. The summed E-state index contributed by atoms with van der Waals surface area (Å²) in [5.74, 6) is 1.60. The molecule has 162 valence electrons. The van der Waals surface area contributed by atoms with E-state index in [0.29, 0.717) is 12.5 Å². The molecule has 1 amide bonds. The number of thioether (sulfide) groups is 2. The quantitative estimate of drug-likeness (QED) is 0.396. The molecule has 0 fully saturated rings. The van der Waals surface area contributed by atoms with E-state index >= 15 is 0 Å². The zero-order chi connectivity index (χ0) is 21.8. The lowest BCUT2D eigenvalue weighted by Gasteiger charge is -2.30. The number of carbonyl (C=O) groups is 1. The van der Waals surface area contributed by atoms with E-state index in [1.807, 2.05) is 17.9 Å². The van der Waals surface area contributed by atoms with Gasteiger partial charge < -0.3 is 4.90 Å². The van der Waals surface area contributed by atoms with Crippen LogP contribution in [0.2, 0.25) is 0 Å². The summed E-state index contributed by atoms with van der Waals surface area (Å²) in [5, 5.41) is 8.46. The van der Waals surface area contributed by atoms with Gasteiger partial charge in [0.25, 0.3) is 0 Å². The molecule has 1 aliphatic heterocycles. The fraction of sp³-hybridized carbons (Fsp3) is 0.375. The van der Waals surface area contributed by atoms with E-state index < -0.39 is 0 Å². The third kappa shape index (κ3) is 5.70. The number of fused-ring (bicyclic) bond motifs is 1. The first-order valence-electron chi connectivity index (χ1n) is 10.6. The van der Waals surface area contributed by atoms with Crippen molar-refractivity contribution in [1.82, 2.24) is 15.1 Å². The highest BCUT2D eigenvalue weighted by Gasteiger charge is 2.26. The molecule has 0 N–H and O–H groups in total. The van der Waals surface area contributed by atoms with Crippen LogP contribution in [-0.4, -0.2) is 32.8 Å². The summed E-state index contributed by atoms with van der Waals surface area (Å²) in [6, 6.07) is 17.2. The summed E-state index contributed by atoms with van der Waals surface area (Å²) in [4.78, 5) is 14.9. The Kier molecular flexibility index (Phi) is 7.35. The number of aromatic nitrogens is 2. The minimum absolute atomic E-state index is 0.167. The van der Waals surface area contributed by atoms with Crippen LogP contribution < -0.4 is 0 Å². The molecule has 2 aromatic carbocycles. The highest BCUT2D eigenvalue weighted by molar-refractivity contribution is 8.03. The van der Waals surface area contributed by atoms with Crippen LogP contribution in [0.1, 0.15) is 48.9 Å². The first-order chi connectivity index (χ1) is 15.0. The predicted molar refractivity (Wildman–Crippen MR) is 131 cm³/mol. The van der Waals surface area contributed by atoms with Gasteiger partial charge in [-0.05, 0) is 41.5 Å². The van der Waals surface area contributed by atoms with Crippen molar-refractivity contribution >= 4 is 40.8 Å². The van der Waals surface area contributed by atoms with Crippen LogP contribution in [0.25, 0.3) is 0 Å². The Morgan fingerprint density at radius 3 is 2.48 bits per heavy atom.